The van der Waals surface area contributed by atoms with Crippen molar-refractivity contribution in [3.63, 3.8) is 0 Å². The van der Waals surface area contributed by atoms with Gasteiger partial charge in [-0.2, -0.15) is 4.98 Å². The molecule has 9 nitrogen and oxygen atoms in total. The van der Waals surface area contributed by atoms with Crippen LogP contribution in [0.1, 0.15) is 0 Å². The molecule has 0 saturated carbocycles. The number of nitrogen functional groups attached to an aromatic ring is 1. The first kappa shape index (κ1) is 12.3. The largest absolute Gasteiger partial charge is 0.395 e. The topological polar surface area (TPSA) is 120 Å². The molecule has 0 fully saturated rings. The van der Waals surface area contributed by atoms with Crippen molar-refractivity contribution in [3.05, 3.63) is 20.8 Å². The molecule has 0 amide bonds. The highest BCUT2D eigenvalue weighted by Gasteiger charge is 2.17. The fourth-order valence-electron chi connectivity index (χ4n) is 1.87. The molecule has 0 radical (unpaired) electrons. The van der Waals surface area contributed by atoms with Crippen molar-refractivity contribution < 1.29 is 5.11 Å². The van der Waals surface area contributed by atoms with Gasteiger partial charge in [-0.15, -0.1) is 0 Å². The number of aromatic nitrogens is 4. The molecule has 18 heavy (non-hydrogen) atoms. The van der Waals surface area contributed by atoms with Crippen LogP contribution in [-0.4, -0.2) is 30.4 Å². The van der Waals surface area contributed by atoms with Crippen LogP contribution in [0.15, 0.2) is 9.59 Å². The lowest BCUT2D eigenvalue weighted by Gasteiger charge is -2.06. The standard InChI is InChI=1S/C9H14N6O3/c1-13-6-5(7(17)14(2)9(13)18)15(3-4-16)8(11-6)12-10/h16H,3-4,10H2,1-2H3,(H,11,12). The second-order valence-corrected chi connectivity index (χ2v) is 3.83. The Labute approximate surface area is 101 Å². The lowest BCUT2D eigenvalue weighted by Crippen LogP contribution is -2.37. The third-order valence-electron chi connectivity index (χ3n) is 2.80. The number of nitrogens with two attached hydrogens (primary N) is 1. The number of rotatable bonds is 3. The number of hydrazine groups is 1. The first-order valence-corrected chi connectivity index (χ1v) is 5.26. The second-order valence-electron chi connectivity index (χ2n) is 3.83. The molecule has 2 rings (SSSR count). The Balaban J connectivity index is 3.00. The first-order valence-electron chi connectivity index (χ1n) is 5.26. The van der Waals surface area contributed by atoms with E-state index in [1.54, 1.807) is 0 Å². The third kappa shape index (κ3) is 1.52. The van der Waals surface area contributed by atoms with E-state index in [-0.39, 0.29) is 30.3 Å². The SMILES string of the molecule is Cn1c(=O)c2c(nc(NN)n2CCO)n(C)c1=O. The quantitative estimate of drug-likeness (QED) is 0.419. The van der Waals surface area contributed by atoms with Crippen LogP contribution in [-0.2, 0) is 20.6 Å². The zero-order chi connectivity index (χ0) is 13.4. The smallest absolute Gasteiger partial charge is 0.332 e. The number of aryl methyl sites for hydroxylation is 1. The molecule has 0 bridgehead atoms. The van der Waals surface area contributed by atoms with E-state index in [1.165, 1.54) is 23.2 Å². The van der Waals surface area contributed by atoms with Crippen molar-refractivity contribution in [3.8, 4) is 0 Å². The summed E-state index contributed by atoms with van der Waals surface area (Å²) in [5.41, 5.74) is 1.85. The van der Waals surface area contributed by atoms with Crippen molar-refractivity contribution in [1.29, 1.82) is 0 Å². The van der Waals surface area contributed by atoms with E-state index >= 15 is 0 Å². The summed E-state index contributed by atoms with van der Waals surface area (Å²) in [7, 11) is 2.90. The molecule has 2 heterocycles. The number of imidazole rings is 1. The lowest BCUT2D eigenvalue weighted by atomic mass is 10.5. The number of aliphatic hydroxyl groups excluding tert-OH is 1. The van der Waals surface area contributed by atoms with Crippen molar-refractivity contribution >= 4 is 17.1 Å². The molecule has 9 heteroatoms. The molecule has 0 unspecified atom stereocenters. The van der Waals surface area contributed by atoms with E-state index < -0.39 is 11.2 Å². The van der Waals surface area contributed by atoms with E-state index in [9.17, 15) is 9.59 Å². The Morgan fingerprint density at radius 1 is 1.33 bits per heavy atom. The van der Waals surface area contributed by atoms with E-state index in [4.69, 9.17) is 10.9 Å². The Kier molecular flexibility index (Phi) is 2.93. The van der Waals surface area contributed by atoms with Crippen LogP contribution in [0, 0.1) is 0 Å². The van der Waals surface area contributed by atoms with Crippen molar-refractivity contribution in [2.45, 2.75) is 6.54 Å². The van der Waals surface area contributed by atoms with Gasteiger partial charge in [0.05, 0.1) is 6.61 Å². The second kappa shape index (κ2) is 4.27. The molecular formula is C9H14N6O3. The van der Waals surface area contributed by atoms with E-state index in [2.05, 4.69) is 10.4 Å². The zero-order valence-corrected chi connectivity index (χ0v) is 10.0. The van der Waals surface area contributed by atoms with Gasteiger partial charge >= 0.3 is 5.69 Å². The molecule has 0 atom stereocenters. The van der Waals surface area contributed by atoms with Gasteiger partial charge in [-0.05, 0) is 0 Å². The minimum atomic E-state index is -0.476. The van der Waals surface area contributed by atoms with Crippen molar-refractivity contribution in [2.75, 3.05) is 12.0 Å². The number of fused-ring (bicyclic) bond motifs is 1. The molecule has 98 valence electrons. The van der Waals surface area contributed by atoms with Crippen LogP contribution < -0.4 is 22.5 Å². The summed E-state index contributed by atoms with van der Waals surface area (Å²) in [6, 6.07) is 0. The highest BCUT2D eigenvalue weighted by atomic mass is 16.3. The van der Waals surface area contributed by atoms with Gasteiger partial charge < -0.3 is 9.67 Å². The molecular weight excluding hydrogens is 240 g/mol. The number of hydrogen-bond donors (Lipinski definition) is 3. The van der Waals surface area contributed by atoms with Crippen LogP contribution in [0.4, 0.5) is 5.95 Å². The van der Waals surface area contributed by atoms with Gasteiger partial charge in [-0.25, -0.2) is 10.6 Å². The third-order valence-corrected chi connectivity index (χ3v) is 2.80. The summed E-state index contributed by atoms with van der Waals surface area (Å²) in [6.45, 7) is -0.0182. The number of nitrogens with zero attached hydrogens (tertiary/aromatic N) is 4. The van der Waals surface area contributed by atoms with Gasteiger partial charge in [0.15, 0.2) is 11.2 Å². The minimum Gasteiger partial charge on any atom is -0.395 e. The molecule has 2 aromatic rings. The summed E-state index contributed by atoms with van der Waals surface area (Å²) < 4.78 is 3.68. The molecule has 0 aliphatic carbocycles. The van der Waals surface area contributed by atoms with Crippen LogP contribution >= 0.6 is 0 Å². The molecule has 0 aliphatic rings. The van der Waals surface area contributed by atoms with Gasteiger partial charge in [-0.3, -0.25) is 19.4 Å². The number of hydrogen-bond acceptors (Lipinski definition) is 6. The summed E-state index contributed by atoms with van der Waals surface area (Å²) >= 11 is 0. The molecule has 0 spiro atoms. The van der Waals surface area contributed by atoms with E-state index in [0.29, 0.717) is 0 Å². The summed E-state index contributed by atoms with van der Waals surface area (Å²) in [6.07, 6.45) is 0. The van der Waals surface area contributed by atoms with Crippen LogP contribution in [0.25, 0.3) is 11.2 Å². The minimum absolute atomic E-state index is 0.156. The highest BCUT2D eigenvalue weighted by Crippen LogP contribution is 2.13. The van der Waals surface area contributed by atoms with Crippen LogP contribution in [0.2, 0.25) is 0 Å². The molecule has 0 aromatic carbocycles. The lowest BCUT2D eigenvalue weighted by molar-refractivity contribution is 0.278. The fourth-order valence-corrected chi connectivity index (χ4v) is 1.87. The Bertz CT molecular complexity index is 710. The number of nitrogens with one attached hydrogen (secondary N) is 1. The fraction of sp³-hybridized carbons (Fsp3) is 0.444. The van der Waals surface area contributed by atoms with Gasteiger partial charge in [-0.1, -0.05) is 0 Å². The molecule has 4 N–H and O–H groups in total. The van der Waals surface area contributed by atoms with Crippen LogP contribution in [0.3, 0.4) is 0 Å². The average molecular weight is 254 g/mol. The monoisotopic (exact) mass is 254 g/mol. The number of aliphatic hydroxyl groups is 1. The summed E-state index contributed by atoms with van der Waals surface area (Å²) in [5.74, 6) is 5.53. The van der Waals surface area contributed by atoms with Crippen molar-refractivity contribution in [1.82, 2.24) is 18.7 Å². The maximum absolute atomic E-state index is 12.1. The van der Waals surface area contributed by atoms with E-state index in [1.807, 2.05) is 0 Å². The van der Waals surface area contributed by atoms with Gasteiger partial charge in [0.25, 0.3) is 5.56 Å². The summed E-state index contributed by atoms with van der Waals surface area (Å²) in [4.78, 5) is 27.9. The molecule has 0 saturated heterocycles. The predicted octanol–water partition coefficient (Wildman–Crippen LogP) is -2.29. The number of anilines is 1. The van der Waals surface area contributed by atoms with Gasteiger partial charge in [0.2, 0.25) is 5.95 Å². The average Bonchev–Trinajstić information content (AvgIpc) is 2.73. The zero-order valence-electron chi connectivity index (χ0n) is 10.0. The Hall–Kier alpha value is -2.13. The Morgan fingerprint density at radius 3 is 2.56 bits per heavy atom. The maximum Gasteiger partial charge on any atom is 0.332 e. The summed E-state index contributed by atoms with van der Waals surface area (Å²) in [5, 5.41) is 9.01. The highest BCUT2D eigenvalue weighted by molar-refractivity contribution is 5.74. The van der Waals surface area contributed by atoms with Gasteiger partial charge in [0.1, 0.15) is 0 Å². The van der Waals surface area contributed by atoms with Crippen LogP contribution in [0.5, 0.6) is 0 Å². The van der Waals surface area contributed by atoms with E-state index in [0.717, 1.165) is 4.57 Å². The Morgan fingerprint density at radius 2 is 2.00 bits per heavy atom. The van der Waals surface area contributed by atoms with Gasteiger partial charge in [0, 0.05) is 20.6 Å². The normalized spacial score (nSPS) is 11.1. The predicted molar refractivity (Wildman–Crippen MR) is 65.1 cm³/mol. The maximum atomic E-state index is 12.1. The van der Waals surface area contributed by atoms with Crippen molar-refractivity contribution in [2.24, 2.45) is 19.9 Å². The molecule has 0 aliphatic heterocycles. The molecule has 2 aromatic heterocycles. The first-order chi connectivity index (χ1) is 8.52.